The maximum atomic E-state index is 10.00. The van der Waals surface area contributed by atoms with Crippen molar-refractivity contribution in [1.82, 2.24) is 4.98 Å². The van der Waals surface area contributed by atoms with E-state index in [-0.39, 0.29) is 11.2 Å². The summed E-state index contributed by atoms with van der Waals surface area (Å²) in [5.41, 5.74) is 3.10. The average Bonchev–Trinajstić information content (AvgIpc) is 2.82. The molecule has 0 aliphatic heterocycles. The fraction of sp³-hybridized carbons (Fsp3) is 0.235. The van der Waals surface area contributed by atoms with Gasteiger partial charge in [0.25, 0.3) is 0 Å². The number of aromatic nitrogens is 1. The Kier molecular flexibility index (Phi) is 3.54. The van der Waals surface area contributed by atoms with Gasteiger partial charge in [-0.05, 0) is 51.2 Å². The van der Waals surface area contributed by atoms with Gasteiger partial charge in [0, 0.05) is 4.47 Å². The molecule has 0 atom stereocenters. The second-order valence-corrected chi connectivity index (χ2v) is 7.98. The highest BCUT2D eigenvalue weighted by Gasteiger charge is 2.18. The minimum atomic E-state index is 0.0930. The van der Waals surface area contributed by atoms with Crippen molar-refractivity contribution >= 4 is 37.5 Å². The van der Waals surface area contributed by atoms with Crippen molar-refractivity contribution in [2.45, 2.75) is 26.2 Å². The molecule has 1 N–H and O–H groups in total. The van der Waals surface area contributed by atoms with Crippen molar-refractivity contribution in [2.24, 2.45) is 0 Å². The van der Waals surface area contributed by atoms with Gasteiger partial charge in [0.2, 0.25) is 0 Å². The van der Waals surface area contributed by atoms with E-state index in [4.69, 9.17) is 0 Å². The molecule has 4 heteroatoms. The summed E-state index contributed by atoms with van der Waals surface area (Å²) in [5, 5.41) is 10.8. The minimum Gasteiger partial charge on any atom is -0.507 e. The maximum absolute atomic E-state index is 10.00. The fourth-order valence-corrected chi connectivity index (χ4v) is 3.94. The molecular weight excluding hydrogens is 346 g/mol. The van der Waals surface area contributed by atoms with Crippen LogP contribution in [0.15, 0.2) is 40.9 Å². The van der Waals surface area contributed by atoms with E-state index in [2.05, 4.69) is 53.8 Å². The number of para-hydroxylation sites is 1. The van der Waals surface area contributed by atoms with Gasteiger partial charge in [-0.2, -0.15) is 0 Å². The Bertz CT molecular complexity index is 817. The number of halogens is 1. The fourth-order valence-electron chi connectivity index (χ4n) is 2.19. The standard InChI is InChI=1S/C17H16BrNOS/c1-17(2,3)10-8-12(18)15-14(9-10)21-16(19-15)11-6-4-5-7-13(11)20/h4-9,20H,1-3H3. The molecule has 0 aliphatic rings. The SMILES string of the molecule is CC(C)(C)c1cc(Br)c2nc(-c3ccccc3O)sc2c1. The molecular formula is C17H16BrNOS. The van der Waals surface area contributed by atoms with Crippen LogP contribution in [0.25, 0.3) is 20.8 Å². The van der Waals surface area contributed by atoms with Crippen LogP contribution in [0.2, 0.25) is 0 Å². The van der Waals surface area contributed by atoms with Gasteiger partial charge in [-0.3, -0.25) is 0 Å². The van der Waals surface area contributed by atoms with Crippen LogP contribution in [-0.2, 0) is 5.41 Å². The molecule has 1 heterocycles. The Morgan fingerprint density at radius 2 is 1.86 bits per heavy atom. The summed E-state index contributed by atoms with van der Waals surface area (Å²) < 4.78 is 2.13. The van der Waals surface area contributed by atoms with Crippen molar-refractivity contribution in [1.29, 1.82) is 0 Å². The summed E-state index contributed by atoms with van der Waals surface area (Å²) in [6, 6.07) is 11.6. The van der Waals surface area contributed by atoms with Crippen LogP contribution in [0.5, 0.6) is 5.75 Å². The number of hydrogen-bond donors (Lipinski definition) is 1. The third-order valence-corrected chi connectivity index (χ3v) is 5.09. The lowest BCUT2D eigenvalue weighted by Gasteiger charge is -2.19. The van der Waals surface area contributed by atoms with Gasteiger partial charge >= 0.3 is 0 Å². The molecule has 3 rings (SSSR count). The number of nitrogens with zero attached hydrogens (tertiary/aromatic N) is 1. The number of rotatable bonds is 1. The van der Waals surface area contributed by atoms with Gasteiger partial charge in [0.15, 0.2) is 0 Å². The average molecular weight is 362 g/mol. The molecule has 0 saturated carbocycles. The number of hydrogen-bond acceptors (Lipinski definition) is 3. The largest absolute Gasteiger partial charge is 0.507 e. The predicted molar refractivity (Wildman–Crippen MR) is 93.1 cm³/mol. The molecule has 0 saturated heterocycles. The smallest absolute Gasteiger partial charge is 0.128 e. The predicted octanol–water partition coefficient (Wildman–Crippen LogP) is 5.73. The molecule has 3 aromatic rings. The zero-order chi connectivity index (χ0) is 15.2. The van der Waals surface area contributed by atoms with E-state index in [9.17, 15) is 5.11 Å². The highest BCUT2D eigenvalue weighted by Crippen LogP contribution is 2.39. The third-order valence-electron chi connectivity index (χ3n) is 3.45. The van der Waals surface area contributed by atoms with E-state index in [1.165, 1.54) is 5.56 Å². The van der Waals surface area contributed by atoms with E-state index in [0.29, 0.717) is 0 Å². The quantitative estimate of drug-likeness (QED) is 0.600. The molecule has 0 fully saturated rings. The van der Waals surface area contributed by atoms with E-state index in [1.807, 2.05) is 18.2 Å². The molecule has 0 bridgehead atoms. The lowest BCUT2D eigenvalue weighted by Crippen LogP contribution is -2.10. The van der Waals surface area contributed by atoms with Crippen molar-refractivity contribution in [3.63, 3.8) is 0 Å². The monoisotopic (exact) mass is 361 g/mol. The first-order valence-electron chi connectivity index (χ1n) is 6.75. The molecule has 21 heavy (non-hydrogen) atoms. The summed E-state index contributed by atoms with van der Waals surface area (Å²) >= 11 is 5.23. The zero-order valence-electron chi connectivity index (χ0n) is 12.1. The number of phenolic OH excluding ortho intramolecular Hbond substituents is 1. The van der Waals surface area contributed by atoms with Crippen molar-refractivity contribution in [3.8, 4) is 16.3 Å². The number of thiazole rings is 1. The first-order chi connectivity index (χ1) is 9.86. The Balaban J connectivity index is 2.21. The topological polar surface area (TPSA) is 33.1 Å². The number of fused-ring (bicyclic) bond motifs is 1. The Morgan fingerprint density at radius 3 is 2.52 bits per heavy atom. The van der Waals surface area contributed by atoms with Crippen molar-refractivity contribution in [3.05, 3.63) is 46.4 Å². The van der Waals surface area contributed by atoms with Gasteiger partial charge < -0.3 is 5.11 Å². The molecule has 0 spiro atoms. The summed E-state index contributed by atoms with van der Waals surface area (Å²) in [6.45, 7) is 6.60. The molecule has 0 unspecified atom stereocenters. The number of aromatic hydroxyl groups is 1. The van der Waals surface area contributed by atoms with Crippen LogP contribution in [0.1, 0.15) is 26.3 Å². The lowest BCUT2D eigenvalue weighted by molar-refractivity contribution is 0.477. The summed E-state index contributed by atoms with van der Waals surface area (Å²) in [5.74, 6) is 0.267. The second-order valence-electron chi connectivity index (χ2n) is 6.09. The number of phenols is 1. The van der Waals surface area contributed by atoms with E-state index >= 15 is 0 Å². The minimum absolute atomic E-state index is 0.0930. The van der Waals surface area contributed by atoms with Crippen LogP contribution in [0.4, 0.5) is 0 Å². The maximum Gasteiger partial charge on any atom is 0.128 e. The van der Waals surface area contributed by atoms with Crippen LogP contribution in [0, 0.1) is 0 Å². The molecule has 0 radical (unpaired) electrons. The van der Waals surface area contributed by atoms with Crippen LogP contribution < -0.4 is 0 Å². The summed E-state index contributed by atoms with van der Waals surface area (Å²) in [4.78, 5) is 4.68. The molecule has 108 valence electrons. The molecule has 0 amide bonds. The Hall–Kier alpha value is -1.39. The van der Waals surface area contributed by atoms with E-state index in [1.54, 1.807) is 17.4 Å². The van der Waals surface area contributed by atoms with Crippen LogP contribution >= 0.6 is 27.3 Å². The first-order valence-corrected chi connectivity index (χ1v) is 8.36. The molecule has 2 nitrogen and oxygen atoms in total. The summed E-state index contributed by atoms with van der Waals surface area (Å²) in [6.07, 6.45) is 0. The lowest BCUT2D eigenvalue weighted by atomic mass is 9.87. The molecule has 0 aliphatic carbocycles. The van der Waals surface area contributed by atoms with E-state index in [0.717, 1.165) is 25.3 Å². The second kappa shape index (κ2) is 5.11. The molecule has 2 aromatic carbocycles. The van der Waals surface area contributed by atoms with Gasteiger partial charge in [-0.1, -0.05) is 32.9 Å². The highest BCUT2D eigenvalue weighted by molar-refractivity contribution is 9.10. The van der Waals surface area contributed by atoms with E-state index < -0.39 is 0 Å². The number of benzene rings is 2. The molecule has 1 aromatic heterocycles. The van der Waals surface area contributed by atoms with Gasteiger partial charge in [-0.25, -0.2) is 4.98 Å². The zero-order valence-corrected chi connectivity index (χ0v) is 14.5. The first kappa shape index (κ1) is 14.5. The third kappa shape index (κ3) is 2.70. The highest BCUT2D eigenvalue weighted by atomic mass is 79.9. The normalized spacial score (nSPS) is 12.0. The van der Waals surface area contributed by atoms with Crippen LogP contribution in [-0.4, -0.2) is 10.1 Å². The van der Waals surface area contributed by atoms with Gasteiger partial charge in [0.1, 0.15) is 10.8 Å². The van der Waals surface area contributed by atoms with Crippen molar-refractivity contribution in [2.75, 3.05) is 0 Å². The van der Waals surface area contributed by atoms with Crippen LogP contribution in [0.3, 0.4) is 0 Å². The summed E-state index contributed by atoms with van der Waals surface area (Å²) in [7, 11) is 0. The Morgan fingerprint density at radius 1 is 1.14 bits per heavy atom. The van der Waals surface area contributed by atoms with Gasteiger partial charge in [0.05, 0.1) is 15.8 Å². The Labute approximate surface area is 136 Å². The van der Waals surface area contributed by atoms with Crippen molar-refractivity contribution < 1.29 is 5.11 Å². The van der Waals surface area contributed by atoms with Gasteiger partial charge in [-0.15, -0.1) is 11.3 Å².